The molecule has 1 heterocycles. The molecule has 1 atom stereocenters. The van der Waals surface area contributed by atoms with E-state index in [1.165, 1.54) is 11.1 Å². The molecule has 1 aliphatic rings. The summed E-state index contributed by atoms with van der Waals surface area (Å²) in [5.41, 5.74) is 3.48. The lowest BCUT2D eigenvalue weighted by Crippen LogP contribution is -2.12. The Hall–Kier alpha value is -0.730. The maximum Gasteiger partial charge on any atom is 0.125 e. The third-order valence-corrected chi connectivity index (χ3v) is 3.47. The molecular formula is C14H19ClO2. The number of halogens is 1. The summed E-state index contributed by atoms with van der Waals surface area (Å²) in [6, 6.07) is 4.20. The molecule has 1 fully saturated rings. The molecule has 2 nitrogen and oxygen atoms in total. The maximum atomic E-state index is 5.93. The van der Waals surface area contributed by atoms with E-state index in [1.54, 1.807) is 0 Å². The van der Waals surface area contributed by atoms with Gasteiger partial charge in [0.25, 0.3) is 0 Å². The number of ether oxygens (including phenoxy) is 2. The molecule has 0 radical (unpaired) electrons. The fourth-order valence-electron chi connectivity index (χ4n) is 2.26. The van der Waals surface area contributed by atoms with E-state index in [-0.39, 0.29) is 0 Å². The van der Waals surface area contributed by atoms with Crippen molar-refractivity contribution in [2.24, 2.45) is 5.92 Å². The van der Waals surface area contributed by atoms with Gasteiger partial charge in [0.05, 0.1) is 13.2 Å². The van der Waals surface area contributed by atoms with Gasteiger partial charge in [0, 0.05) is 18.4 Å². The lowest BCUT2D eigenvalue weighted by atomic mass is 10.1. The second kappa shape index (κ2) is 5.74. The van der Waals surface area contributed by atoms with E-state index in [0.717, 1.165) is 37.6 Å². The predicted molar refractivity (Wildman–Crippen MR) is 69.9 cm³/mol. The van der Waals surface area contributed by atoms with Crippen molar-refractivity contribution in [3.8, 4) is 5.75 Å². The molecule has 0 spiro atoms. The van der Waals surface area contributed by atoms with Gasteiger partial charge in [-0.15, -0.1) is 11.6 Å². The van der Waals surface area contributed by atoms with Gasteiger partial charge in [-0.2, -0.15) is 0 Å². The van der Waals surface area contributed by atoms with Gasteiger partial charge in [0.2, 0.25) is 0 Å². The van der Waals surface area contributed by atoms with Gasteiger partial charge in [-0.1, -0.05) is 12.1 Å². The Morgan fingerprint density at radius 1 is 1.35 bits per heavy atom. The fraction of sp³-hybridized carbons (Fsp3) is 0.571. The van der Waals surface area contributed by atoms with Crippen molar-refractivity contribution >= 4 is 11.6 Å². The lowest BCUT2D eigenvalue weighted by molar-refractivity contribution is 0.166. The van der Waals surface area contributed by atoms with Crippen molar-refractivity contribution in [3.05, 3.63) is 28.8 Å². The van der Waals surface area contributed by atoms with Crippen molar-refractivity contribution in [2.45, 2.75) is 26.1 Å². The van der Waals surface area contributed by atoms with Gasteiger partial charge >= 0.3 is 0 Å². The summed E-state index contributed by atoms with van der Waals surface area (Å²) < 4.78 is 11.3. The first-order valence-corrected chi connectivity index (χ1v) is 6.60. The minimum Gasteiger partial charge on any atom is -0.493 e. The molecular weight excluding hydrogens is 236 g/mol. The lowest BCUT2D eigenvalue weighted by Gasteiger charge is -2.15. The summed E-state index contributed by atoms with van der Waals surface area (Å²) in [6.07, 6.45) is 1.11. The van der Waals surface area contributed by atoms with Gasteiger partial charge in [0.15, 0.2) is 0 Å². The van der Waals surface area contributed by atoms with E-state index >= 15 is 0 Å². The van der Waals surface area contributed by atoms with Crippen molar-refractivity contribution in [1.82, 2.24) is 0 Å². The Kier molecular flexibility index (Phi) is 4.30. The van der Waals surface area contributed by atoms with Crippen LogP contribution in [-0.4, -0.2) is 19.8 Å². The molecule has 1 saturated heterocycles. The number of aryl methyl sites for hydroxylation is 2. The van der Waals surface area contributed by atoms with E-state index in [1.807, 2.05) is 0 Å². The van der Waals surface area contributed by atoms with Crippen LogP contribution in [0.15, 0.2) is 12.1 Å². The van der Waals surface area contributed by atoms with E-state index in [4.69, 9.17) is 21.1 Å². The van der Waals surface area contributed by atoms with Crippen molar-refractivity contribution in [3.63, 3.8) is 0 Å². The van der Waals surface area contributed by atoms with Gasteiger partial charge in [-0.05, 0) is 37.0 Å². The van der Waals surface area contributed by atoms with Crippen molar-refractivity contribution in [1.29, 1.82) is 0 Å². The maximum absolute atomic E-state index is 5.93. The zero-order valence-electron chi connectivity index (χ0n) is 10.5. The molecule has 0 bridgehead atoms. The normalized spacial score (nSPS) is 19.6. The average molecular weight is 255 g/mol. The molecule has 0 aromatic heterocycles. The summed E-state index contributed by atoms with van der Waals surface area (Å²) in [5, 5.41) is 0. The van der Waals surface area contributed by atoms with Crippen LogP contribution in [0.4, 0.5) is 0 Å². The Labute approximate surface area is 108 Å². The van der Waals surface area contributed by atoms with E-state index in [0.29, 0.717) is 11.8 Å². The highest BCUT2D eigenvalue weighted by atomic mass is 35.5. The van der Waals surface area contributed by atoms with E-state index in [2.05, 4.69) is 26.0 Å². The van der Waals surface area contributed by atoms with Gasteiger partial charge < -0.3 is 9.47 Å². The molecule has 1 unspecified atom stereocenters. The Morgan fingerprint density at radius 3 is 2.59 bits per heavy atom. The number of hydrogen-bond acceptors (Lipinski definition) is 2. The van der Waals surface area contributed by atoms with Crippen LogP contribution < -0.4 is 4.74 Å². The van der Waals surface area contributed by atoms with Gasteiger partial charge in [0.1, 0.15) is 5.75 Å². The summed E-state index contributed by atoms with van der Waals surface area (Å²) >= 11 is 5.85. The quantitative estimate of drug-likeness (QED) is 0.766. The number of rotatable bonds is 4. The molecule has 3 heteroatoms. The molecule has 94 valence electrons. The first kappa shape index (κ1) is 12.7. The summed E-state index contributed by atoms with van der Waals surface area (Å²) in [4.78, 5) is 0. The number of benzene rings is 1. The third kappa shape index (κ3) is 3.14. The number of alkyl halides is 1. The van der Waals surface area contributed by atoms with Gasteiger partial charge in [-0.25, -0.2) is 0 Å². The van der Waals surface area contributed by atoms with Crippen LogP contribution in [0.25, 0.3) is 0 Å². The Morgan fingerprint density at radius 2 is 2.06 bits per heavy atom. The largest absolute Gasteiger partial charge is 0.493 e. The SMILES string of the molecule is Cc1cc(CCl)cc(C)c1OCC1CCOC1. The van der Waals surface area contributed by atoms with Crippen LogP contribution in [-0.2, 0) is 10.6 Å². The zero-order chi connectivity index (χ0) is 12.3. The molecule has 17 heavy (non-hydrogen) atoms. The van der Waals surface area contributed by atoms with Gasteiger partial charge in [-0.3, -0.25) is 0 Å². The molecule has 1 aromatic carbocycles. The monoisotopic (exact) mass is 254 g/mol. The number of hydrogen-bond donors (Lipinski definition) is 0. The Balaban J connectivity index is 2.04. The molecule has 1 aromatic rings. The highest BCUT2D eigenvalue weighted by Gasteiger charge is 2.17. The summed E-state index contributed by atoms with van der Waals surface area (Å²) in [7, 11) is 0. The first-order valence-electron chi connectivity index (χ1n) is 6.07. The van der Waals surface area contributed by atoms with E-state index < -0.39 is 0 Å². The minimum atomic E-state index is 0.543. The van der Waals surface area contributed by atoms with Crippen LogP contribution in [0, 0.1) is 19.8 Å². The third-order valence-electron chi connectivity index (χ3n) is 3.16. The smallest absolute Gasteiger partial charge is 0.125 e. The molecule has 0 amide bonds. The second-order valence-electron chi connectivity index (χ2n) is 4.73. The minimum absolute atomic E-state index is 0.543. The second-order valence-corrected chi connectivity index (χ2v) is 5.00. The van der Waals surface area contributed by atoms with Crippen molar-refractivity contribution in [2.75, 3.05) is 19.8 Å². The molecule has 0 saturated carbocycles. The standard InChI is InChI=1S/C14H19ClO2/c1-10-5-13(7-15)6-11(2)14(10)17-9-12-3-4-16-8-12/h5-6,12H,3-4,7-9H2,1-2H3. The topological polar surface area (TPSA) is 18.5 Å². The van der Waals surface area contributed by atoms with Crippen LogP contribution in [0.5, 0.6) is 5.75 Å². The Bertz CT molecular complexity index is 361. The summed E-state index contributed by atoms with van der Waals surface area (Å²) in [5.74, 6) is 2.10. The molecule has 0 N–H and O–H groups in total. The molecule has 1 aliphatic heterocycles. The zero-order valence-corrected chi connectivity index (χ0v) is 11.2. The van der Waals surface area contributed by atoms with Crippen molar-refractivity contribution < 1.29 is 9.47 Å². The van der Waals surface area contributed by atoms with Crippen LogP contribution in [0.3, 0.4) is 0 Å². The van der Waals surface area contributed by atoms with E-state index in [9.17, 15) is 0 Å². The first-order chi connectivity index (χ1) is 8.20. The fourth-order valence-corrected chi connectivity index (χ4v) is 2.42. The predicted octanol–water partition coefficient (Wildman–Crippen LogP) is 3.46. The van der Waals surface area contributed by atoms with Crippen LogP contribution in [0.2, 0.25) is 0 Å². The molecule has 0 aliphatic carbocycles. The molecule has 2 rings (SSSR count). The summed E-state index contributed by atoms with van der Waals surface area (Å²) in [6.45, 7) is 6.60. The highest BCUT2D eigenvalue weighted by molar-refractivity contribution is 6.17. The highest BCUT2D eigenvalue weighted by Crippen LogP contribution is 2.26. The van der Waals surface area contributed by atoms with Crippen LogP contribution >= 0.6 is 11.6 Å². The van der Waals surface area contributed by atoms with Crippen LogP contribution in [0.1, 0.15) is 23.1 Å². The average Bonchev–Trinajstić information content (AvgIpc) is 2.80.